The quantitative estimate of drug-likeness (QED) is 0.558. The minimum atomic E-state index is -0.268. The summed E-state index contributed by atoms with van der Waals surface area (Å²) in [4.78, 5) is 33.1. The summed E-state index contributed by atoms with van der Waals surface area (Å²) in [6.45, 7) is 6.99. The molecule has 1 saturated heterocycles. The summed E-state index contributed by atoms with van der Waals surface area (Å²) in [5, 5.41) is 6.02. The molecule has 158 valence electrons. The fourth-order valence-corrected chi connectivity index (χ4v) is 4.47. The number of hydrogen-bond donors (Lipinski definition) is 1. The van der Waals surface area contributed by atoms with Crippen LogP contribution in [0.5, 0.6) is 0 Å². The maximum Gasteiger partial charge on any atom is 0.291 e. The number of para-hydroxylation sites is 1. The number of anilines is 1. The highest BCUT2D eigenvalue weighted by atomic mass is 16.2. The first-order valence-corrected chi connectivity index (χ1v) is 10.6. The Morgan fingerprint density at radius 3 is 2.58 bits per heavy atom. The van der Waals surface area contributed by atoms with Gasteiger partial charge >= 0.3 is 0 Å². The zero-order valence-electron chi connectivity index (χ0n) is 17.8. The van der Waals surface area contributed by atoms with Gasteiger partial charge in [-0.2, -0.15) is 5.10 Å². The van der Waals surface area contributed by atoms with Crippen molar-refractivity contribution in [3.8, 4) is 0 Å². The Balaban J connectivity index is 1.31. The van der Waals surface area contributed by atoms with Crippen molar-refractivity contribution in [3.63, 3.8) is 0 Å². The Kier molecular flexibility index (Phi) is 4.73. The van der Waals surface area contributed by atoms with Crippen LogP contribution in [-0.2, 0) is 11.3 Å². The lowest BCUT2D eigenvalue weighted by atomic mass is 10.1. The van der Waals surface area contributed by atoms with Gasteiger partial charge in [0.15, 0.2) is 0 Å². The number of aromatic amines is 1. The number of piperazine rings is 1. The molecule has 0 atom stereocenters. The minimum Gasteiger partial charge on any atom is -0.368 e. The first kappa shape index (κ1) is 19.4. The maximum absolute atomic E-state index is 12.9. The van der Waals surface area contributed by atoms with Crippen LogP contribution in [0.2, 0.25) is 0 Å². The number of nitrogens with one attached hydrogen (secondary N) is 1. The number of H-pyrrole nitrogens is 1. The van der Waals surface area contributed by atoms with Crippen LogP contribution in [-0.4, -0.2) is 51.8 Å². The summed E-state index contributed by atoms with van der Waals surface area (Å²) in [5.74, 6) is -0.0784. The second kappa shape index (κ2) is 7.58. The summed E-state index contributed by atoms with van der Waals surface area (Å²) in [5.41, 5.74) is 4.84. The van der Waals surface area contributed by atoms with Crippen LogP contribution in [0.25, 0.3) is 21.8 Å². The molecule has 5 rings (SSSR count). The lowest BCUT2D eigenvalue weighted by molar-refractivity contribution is -0.132. The summed E-state index contributed by atoms with van der Waals surface area (Å²) >= 11 is 0. The third-order valence-electron chi connectivity index (χ3n) is 6.13. The number of hydrogen-bond acceptors (Lipinski definition) is 4. The van der Waals surface area contributed by atoms with Crippen molar-refractivity contribution in [2.45, 2.75) is 20.4 Å². The van der Waals surface area contributed by atoms with Gasteiger partial charge in [0.2, 0.25) is 5.91 Å². The fourth-order valence-electron chi connectivity index (χ4n) is 4.47. The molecular formula is C24H25N5O2. The Morgan fingerprint density at radius 1 is 1.03 bits per heavy atom. The van der Waals surface area contributed by atoms with Gasteiger partial charge in [-0.25, -0.2) is 4.68 Å². The molecule has 0 unspecified atom stereocenters. The number of carbonyl (C=O) groups excluding carboxylic acids is 1. The standard InChI is InChI=1S/C24H25N5O2/c1-16-7-8-21(17(2)13-16)27-9-11-28(12-10-27)22(30)15-29-24(31)23-19(14-25-29)18-5-3-4-6-20(18)26-23/h3-8,13-14,26H,9-12,15H2,1-2H3. The summed E-state index contributed by atoms with van der Waals surface area (Å²) in [6, 6.07) is 14.2. The zero-order chi connectivity index (χ0) is 21.5. The molecule has 1 amide bonds. The van der Waals surface area contributed by atoms with Crippen molar-refractivity contribution >= 4 is 33.4 Å². The molecule has 1 N–H and O–H groups in total. The molecule has 1 aliphatic heterocycles. The Bertz CT molecular complexity index is 1350. The average molecular weight is 415 g/mol. The number of amides is 1. The highest BCUT2D eigenvalue weighted by Crippen LogP contribution is 2.23. The van der Waals surface area contributed by atoms with Crippen molar-refractivity contribution < 1.29 is 4.79 Å². The molecule has 0 radical (unpaired) electrons. The van der Waals surface area contributed by atoms with E-state index >= 15 is 0 Å². The van der Waals surface area contributed by atoms with Gasteiger partial charge in [-0.05, 0) is 31.5 Å². The minimum absolute atomic E-state index is 0.0479. The van der Waals surface area contributed by atoms with Crippen LogP contribution in [0.1, 0.15) is 11.1 Å². The van der Waals surface area contributed by atoms with Gasteiger partial charge in [0, 0.05) is 48.2 Å². The summed E-state index contributed by atoms with van der Waals surface area (Å²) in [6.07, 6.45) is 1.67. The van der Waals surface area contributed by atoms with Crippen LogP contribution in [0.3, 0.4) is 0 Å². The van der Waals surface area contributed by atoms with E-state index in [0.29, 0.717) is 18.6 Å². The van der Waals surface area contributed by atoms with Crippen molar-refractivity contribution in [3.05, 3.63) is 70.1 Å². The SMILES string of the molecule is Cc1ccc(N2CCN(C(=O)Cn3ncc4c([nH]c5ccccc54)c3=O)CC2)c(C)c1. The van der Waals surface area contributed by atoms with E-state index in [4.69, 9.17) is 0 Å². The molecule has 3 heterocycles. The number of aryl methyl sites for hydroxylation is 2. The van der Waals surface area contributed by atoms with Gasteiger partial charge in [-0.15, -0.1) is 0 Å². The van der Waals surface area contributed by atoms with E-state index in [1.54, 1.807) is 6.20 Å². The number of aromatic nitrogens is 3. The number of fused-ring (bicyclic) bond motifs is 3. The largest absolute Gasteiger partial charge is 0.368 e. The molecule has 0 spiro atoms. The molecule has 0 bridgehead atoms. The van der Waals surface area contributed by atoms with Crippen LogP contribution in [0, 0.1) is 13.8 Å². The summed E-state index contributed by atoms with van der Waals surface area (Å²) in [7, 11) is 0. The first-order valence-electron chi connectivity index (χ1n) is 10.6. The van der Waals surface area contributed by atoms with E-state index in [0.717, 1.165) is 29.4 Å². The van der Waals surface area contributed by atoms with E-state index in [1.165, 1.54) is 21.5 Å². The van der Waals surface area contributed by atoms with E-state index in [2.05, 4.69) is 47.0 Å². The van der Waals surface area contributed by atoms with Crippen molar-refractivity contribution in [1.29, 1.82) is 0 Å². The smallest absolute Gasteiger partial charge is 0.291 e. The van der Waals surface area contributed by atoms with E-state index in [9.17, 15) is 9.59 Å². The predicted octanol–water partition coefficient (Wildman–Crippen LogP) is 2.84. The highest BCUT2D eigenvalue weighted by molar-refractivity contribution is 6.06. The average Bonchev–Trinajstić information content (AvgIpc) is 3.15. The molecular weight excluding hydrogens is 390 g/mol. The molecule has 1 aliphatic rings. The molecule has 2 aromatic heterocycles. The molecule has 2 aromatic carbocycles. The molecule has 31 heavy (non-hydrogen) atoms. The first-order chi connectivity index (χ1) is 15.0. The zero-order valence-corrected chi connectivity index (χ0v) is 17.8. The van der Waals surface area contributed by atoms with Gasteiger partial charge in [-0.1, -0.05) is 35.9 Å². The van der Waals surface area contributed by atoms with E-state index < -0.39 is 0 Å². The molecule has 4 aromatic rings. The Labute approximate surface area is 179 Å². The molecule has 0 saturated carbocycles. The molecule has 0 aliphatic carbocycles. The third-order valence-corrected chi connectivity index (χ3v) is 6.13. The number of benzene rings is 2. The van der Waals surface area contributed by atoms with Gasteiger partial charge < -0.3 is 14.8 Å². The maximum atomic E-state index is 12.9. The van der Waals surface area contributed by atoms with Crippen molar-refractivity contribution in [2.24, 2.45) is 0 Å². The van der Waals surface area contributed by atoms with E-state index in [1.807, 2.05) is 29.2 Å². The topological polar surface area (TPSA) is 74.2 Å². The van der Waals surface area contributed by atoms with Crippen LogP contribution in [0.4, 0.5) is 5.69 Å². The van der Waals surface area contributed by atoms with Gasteiger partial charge in [0.25, 0.3) is 5.56 Å². The second-order valence-electron chi connectivity index (χ2n) is 8.22. The second-order valence-corrected chi connectivity index (χ2v) is 8.22. The monoisotopic (exact) mass is 415 g/mol. The van der Waals surface area contributed by atoms with Gasteiger partial charge in [0.1, 0.15) is 12.1 Å². The molecule has 7 nitrogen and oxygen atoms in total. The van der Waals surface area contributed by atoms with Gasteiger partial charge in [0.05, 0.1) is 6.20 Å². The van der Waals surface area contributed by atoms with Crippen molar-refractivity contribution in [1.82, 2.24) is 19.7 Å². The summed E-state index contributed by atoms with van der Waals surface area (Å²) < 4.78 is 1.26. The Hall–Kier alpha value is -3.61. The van der Waals surface area contributed by atoms with Gasteiger partial charge in [-0.3, -0.25) is 9.59 Å². The number of nitrogens with zero attached hydrogens (tertiary/aromatic N) is 4. The van der Waals surface area contributed by atoms with Crippen LogP contribution in [0.15, 0.2) is 53.5 Å². The highest BCUT2D eigenvalue weighted by Gasteiger charge is 2.23. The molecule has 1 fully saturated rings. The lowest BCUT2D eigenvalue weighted by Gasteiger charge is -2.37. The van der Waals surface area contributed by atoms with Crippen LogP contribution < -0.4 is 10.5 Å². The number of rotatable bonds is 3. The van der Waals surface area contributed by atoms with Crippen molar-refractivity contribution in [2.75, 3.05) is 31.1 Å². The van der Waals surface area contributed by atoms with E-state index in [-0.39, 0.29) is 18.0 Å². The lowest BCUT2D eigenvalue weighted by Crippen LogP contribution is -2.50. The predicted molar refractivity (Wildman–Crippen MR) is 123 cm³/mol. The normalized spacial score (nSPS) is 14.5. The Morgan fingerprint density at radius 2 is 1.81 bits per heavy atom. The number of carbonyl (C=O) groups is 1. The third kappa shape index (κ3) is 3.46. The van der Waals surface area contributed by atoms with Crippen LogP contribution >= 0.6 is 0 Å². The molecule has 7 heteroatoms. The fraction of sp³-hybridized carbons (Fsp3) is 0.292.